The highest BCUT2D eigenvalue weighted by Crippen LogP contribution is 2.29. The minimum Gasteiger partial charge on any atom is -0.497 e. The van der Waals surface area contributed by atoms with Crippen LogP contribution in [0, 0.1) is 0 Å². The monoisotopic (exact) mass is 311 g/mol. The van der Waals surface area contributed by atoms with E-state index in [0.29, 0.717) is 18.0 Å². The largest absolute Gasteiger partial charge is 0.497 e. The smallest absolute Gasteiger partial charge is 0.416 e. The van der Waals surface area contributed by atoms with Crippen LogP contribution in [0.3, 0.4) is 0 Å². The number of nitrogens with one attached hydrogen (secondary N) is 1. The molecule has 0 aliphatic heterocycles. The van der Waals surface area contributed by atoms with Crippen molar-refractivity contribution in [3.63, 3.8) is 0 Å². The minimum absolute atomic E-state index is 0.397. The maximum Gasteiger partial charge on any atom is 0.416 e. The lowest BCUT2D eigenvalue weighted by Gasteiger charge is -2.11. The molecule has 2 aromatic carbocycles. The van der Waals surface area contributed by atoms with E-state index in [0.717, 1.165) is 23.4 Å². The van der Waals surface area contributed by atoms with E-state index in [1.807, 2.05) is 0 Å². The molecule has 0 saturated carbocycles. The van der Waals surface area contributed by atoms with Gasteiger partial charge in [0.15, 0.2) is 0 Å². The summed E-state index contributed by atoms with van der Waals surface area (Å²) >= 11 is 0. The van der Waals surface area contributed by atoms with Crippen molar-refractivity contribution in [2.24, 2.45) is 0 Å². The van der Waals surface area contributed by atoms with Crippen LogP contribution in [0.25, 0.3) is 0 Å². The Morgan fingerprint density at radius 2 is 1.45 bits per heavy atom. The molecular weight excluding hydrogens is 295 g/mol. The first-order valence-electron chi connectivity index (χ1n) is 6.55. The Labute approximate surface area is 126 Å². The predicted octanol–water partition coefficient (Wildman–Crippen LogP) is 4.33. The SMILES string of the molecule is COc1cc(NCc2ccc(C(F)(F)F)cc2)cc(OC)c1. The minimum atomic E-state index is -4.31. The second-order valence-corrected chi connectivity index (χ2v) is 4.65. The molecule has 0 unspecified atom stereocenters. The summed E-state index contributed by atoms with van der Waals surface area (Å²) in [5, 5.41) is 3.13. The van der Waals surface area contributed by atoms with Crippen molar-refractivity contribution in [2.75, 3.05) is 19.5 Å². The van der Waals surface area contributed by atoms with E-state index in [4.69, 9.17) is 9.47 Å². The van der Waals surface area contributed by atoms with Gasteiger partial charge in [0, 0.05) is 30.4 Å². The third-order valence-electron chi connectivity index (χ3n) is 3.13. The normalized spacial score (nSPS) is 11.1. The highest BCUT2D eigenvalue weighted by atomic mass is 19.4. The van der Waals surface area contributed by atoms with E-state index < -0.39 is 11.7 Å². The Bertz CT molecular complexity index is 602. The van der Waals surface area contributed by atoms with Crippen molar-refractivity contribution in [1.29, 1.82) is 0 Å². The van der Waals surface area contributed by atoms with E-state index in [1.165, 1.54) is 12.1 Å². The van der Waals surface area contributed by atoms with Gasteiger partial charge in [0.25, 0.3) is 0 Å². The number of rotatable bonds is 5. The lowest BCUT2D eigenvalue weighted by molar-refractivity contribution is -0.137. The summed E-state index contributed by atoms with van der Waals surface area (Å²) < 4.78 is 47.8. The van der Waals surface area contributed by atoms with Crippen LogP contribution in [-0.4, -0.2) is 14.2 Å². The van der Waals surface area contributed by atoms with Crippen LogP contribution >= 0.6 is 0 Å². The van der Waals surface area contributed by atoms with Crippen LogP contribution in [0.4, 0.5) is 18.9 Å². The van der Waals surface area contributed by atoms with Crippen LogP contribution in [0.15, 0.2) is 42.5 Å². The summed E-state index contributed by atoms with van der Waals surface area (Å²) in [6.07, 6.45) is -4.31. The fourth-order valence-electron chi connectivity index (χ4n) is 1.93. The number of hydrogen-bond acceptors (Lipinski definition) is 3. The van der Waals surface area contributed by atoms with Crippen molar-refractivity contribution in [2.45, 2.75) is 12.7 Å². The Morgan fingerprint density at radius 3 is 1.91 bits per heavy atom. The molecule has 6 heteroatoms. The highest BCUT2D eigenvalue weighted by molar-refractivity contribution is 5.54. The van der Waals surface area contributed by atoms with Crippen molar-refractivity contribution >= 4 is 5.69 Å². The molecule has 2 rings (SSSR count). The van der Waals surface area contributed by atoms with Gasteiger partial charge in [-0.05, 0) is 17.7 Å². The average Bonchev–Trinajstić information content (AvgIpc) is 2.52. The first-order valence-corrected chi connectivity index (χ1v) is 6.55. The maximum atomic E-state index is 12.5. The van der Waals surface area contributed by atoms with Crippen LogP contribution in [0.1, 0.15) is 11.1 Å². The number of anilines is 1. The molecule has 0 fully saturated rings. The molecule has 0 atom stereocenters. The van der Waals surface area contributed by atoms with E-state index in [9.17, 15) is 13.2 Å². The van der Waals surface area contributed by atoms with Gasteiger partial charge < -0.3 is 14.8 Å². The zero-order valence-corrected chi connectivity index (χ0v) is 12.2. The molecular formula is C16H16F3NO2. The average molecular weight is 311 g/mol. The third-order valence-corrected chi connectivity index (χ3v) is 3.13. The summed E-state index contributed by atoms with van der Waals surface area (Å²) in [7, 11) is 3.10. The maximum absolute atomic E-state index is 12.5. The number of alkyl halides is 3. The molecule has 2 aromatic rings. The number of halogens is 3. The zero-order valence-electron chi connectivity index (χ0n) is 12.2. The standard InChI is InChI=1S/C16H16F3NO2/c1-21-14-7-13(8-15(9-14)22-2)20-10-11-3-5-12(6-4-11)16(17,18)19/h3-9,20H,10H2,1-2H3. The Balaban J connectivity index is 2.06. The first-order chi connectivity index (χ1) is 10.4. The van der Waals surface area contributed by atoms with E-state index in [1.54, 1.807) is 32.4 Å². The topological polar surface area (TPSA) is 30.5 Å². The molecule has 0 aliphatic rings. The predicted molar refractivity (Wildman–Crippen MR) is 78.3 cm³/mol. The van der Waals surface area contributed by atoms with Crippen molar-refractivity contribution < 1.29 is 22.6 Å². The van der Waals surface area contributed by atoms with E-state index in [-0.39, 0.29) is 0 Å². The molecule has 0 saturated heterocycles. The lowest BCUT2D eigenvalue weighted by atomic mass is 10.1. The molecule has 0 aromatic heterocycles. The van der Waals surface area contributed by atoms with Gasteiger partial charge in [-0.3, -0.25) is 0 Å². The van der Waals surface area contributed by atoms with Gasteiger partial charge >= 0.3 is 6.18 Å². The van der Waals surface area contributed by atoms with Gasteiger partial charge in [-0.1, -0.05) is 12.1 Å². The fraction of sp³-hybridized carbons (Fsp3) is 0.250. The molecule has 0 aliphatic carbocycles. The first kappa shape index (κ1) is 16.0. The number of methoxy groups -OCH3 is 2. The van der Waals surface area contributed by atoms with Crippen LogP contribution in [0.2, 0.25) is 0 Å². The lowest BCUT2D eigenvalue weighted by Crippen LogP contribution is -2.05. The Hall–Kier alpha value is -2.37. The Kier molecular flexibility index (Phi) is 4.80. The number of benzene rings is 2. The summed E-state index contributed by atoms with van der Waals surface area (Å²) in [6, 6.07) is 10.4. The zero-order chi connectivity index (χ0) is 16.2. The summed E-state index contributed by atoms with van der Waals surface area (Å²) in [5.74, 6) is 1.27. The van der Waals surface area contributed by atoms with Gasteiger partial charge in [0.2, 0.25) is 0 Å². The van der Waals surface area contributed by atoms with Crippen molar-refractivity contribution in [3.05, 3.63) is 53.6 Å². The van der Waals surface area contributed by atoms with E-state index in [2.05, 4.69) is 5.32 Å². The van der Waals surface area contributed by atoms with Crippen LogP contribution in [0.5, 0.6) is 11.5 Å². The summed E-state index contributed by atoms with van der Waals surface area (Å²) in [5.41, 5.74) is 0.852. The molecule has 0 bridgehead atoms. The van der Waals surface area contributed by atoms with Gasteiger partial charge in [-0.15, -0.1) is 0 Å². The second-order valence-electron chi connectivity index (χ2n) is 4.65. The van der Waals surface area contributed by atoms with Gasteiger partial charge in [0.05, 0.1) is 19.8 Å². The van der Waals surface area contributed by atoms with Gasteiger partial charge in [0.1, 0.15) is 11.5 Å². The quantitative estimate of drug-likeness (QED) is 0.891. The van der Waals surface area contributed by atoms with Gasteiger partial charge in [-0.25, -0.2) is 0 Å². The van der Waals surface area contributed by atoms with Gasteiger partial charge in [-0.2, -0.15) is 13.2 Å². The number of ether oxygens (including phenoxy) is 2. The highest BCUT2D eigenvalue weighted by Gasteiger charge is 2.29. The summed E-state index contributed by atoms with van der Waals surface area (Å²) in [6.45, 7) is 0.397. The van der Waals surface area contributed by atoms with Crippen LogP contribution < -0.4 is 14.8 Å². The van der Waals surface area contributed by atoms with E-state index >= 15 is 0 Å². The second kappa shape index (κ2) is 6.60. The van der Waals surface area contributed by atoms with Crippen molar-refractivity contribution in [3.8, 4) is 11.5 Å². The van der Waals surface area contributed by atoms with Crippen molar-refractivity contribution in [1.82, 2.24) is 0 Å². The molecule has 118 valence electrons. The Morgan fingerprint density at radius 1 is 0.909 bits per heavy atom. The summed E-state index contributed by atoms with van der Waals surface area (Å²) in [4.78, 5) is 0. The fourth-order valence-corrected chi connectivity index (χ4v) is 1.93. The molecule has 0 heterocycles. The molecule has 0 amide bonds. The third kappa shape index (κ3) is 4.07. The molecule has 1 N–H and O–H groups in total. The molecule has 0 spiro atoms. The molecule has 3 nitrogen and oxygen atoms in total. The molecule has 0 radical (unpaired) electrons. The molecule has 22 heavy (non-hydrogen) atoms. The van der Waals surface area contributed by atoms with Crippen LogP contribution in [-0.2, 0) is 12.7 Å². The number of hydrogen-bond donors (Lipinski definition) is 1.